The molecule has 0 saturated carbocycles. The van der Waals surface area contributed by atoms with Gasteiger partial charge in [-0.3, -0.25) is 4.79 Å². The summed E-state index contributed by atoms with van der Waals surface area (Å²) >= 11 is 0. The summed E-state index contributed by atoms with van der Waals surface area (Å²) in [6, 6.07) is 2.45. The number of phenols is 2. The van der Waals surface area contributed by atoms with Gasteiger partial charge in [-0.1, -0.05) is 6.92 Å². The molecule has 1 aliphatic carbocycles. The minimum absolute atomic E-state index is 0.00750. The molecule has 0 aliphatic heterocycles. The van der Waals surface area contributed by atoms with Crippen molar-refractivity contribution in [2.45, 2.75) is 19.3 Å². The molecule has 1 aromatic heterocycles. The second-order valence-corrected chi connectivity index (χ2v) is 4.55. The maximum Gasteiger partial charge on any atom is 0.348 e. The molecule has 2 N–H and O–H groups in total. The standard InChI is InChI=1S/C13H10O5/c1-5-2-9(16)12-10(5)7-3-6(14)4-8(15)11(7)13(17)18-12/h3-5,14-15H,2H2,1H3. The summed E-state index contributed by atoms with van der Waals surface area (Å²) in [5.41, 5.74) is -0.176. The largest absolute Gasteiger partial charge is 0.508 e. The van der Waals surface area contributed by atoms with Crippen molar-refractivity contribution >= 4 is 16.6 Å². The number of Topliss-reactive ketones (excluding diaryl/α,β-unsaturated/α-hetero) is 1. The zero-order valence-electron chi connectivity index (χ0n) is 9.56. The summed E-state index contributed by atoms with van der Waals surface area (Å²) in [5.74, 6) is -0.766. The topological polar surface area (TPSA) is 87.7 Å². The molecule has 0 bridgehead atoms. The van der Waals surface area contributed by atoms with Crippen LogP contribution in [-0.2, 0) is 0 Å². The van der Waals surface area contributed by atoms with Crippen LogP contribution < -0.4 is 5.63 Å². The molecule has 0 amide bonds. The molecule has 92 valence electrons. The SMILES string of the molecule is CC1CC(=O)c2oc(=O)c3c(O)cc(O)cc3c21. The molecule has 18 heavy (non-hydrogen) atoms. The van der Waals surface area contributed by atoms with Crippen LogP contribution in [-0.4, -0.2) is 16.0 Å². The Labute approximate surface area is 101 Å². The van der Waals surface area contributed by atoms with E-state index in [4.69, 9.17) is 4.42 Å². The zero-order valence-corrected chi connectivity index (χ0v) is 9.56. The fraction of sp³-hybridized carbons (Fsp3) is 0.231. The Hall–Kier alpha value is -2.30. The Morgan fingerprint density at radius 2 is 2.00 bits per heavy atom. The van der Waals surface area contributed by atoms with Crippen molar-refractivity contribution < 1.29 is 19.4 Å². The molecule has 1 aliphatic rings. The molecule has 2 aromatic rings. The smallest absolute Gasteiger partial charge is 0.348 e. The average molecular weight is 246 g/mol. The van der Waals surface area contributed by atoms with E-state index in [1.54, 1.807) is 0 Å². The molecule has 1 heterocycles. The van der Waals surface area contributed by atoms with Gasteiger partial charge in [-0.2, -0.15) is 0 Å². The van der Waals surface area contributed by atoms with Crippen LogP contribution in [0.25, 0.3) is 10.8 Å². The molecule has 3 rings (SSSR count). The van der Waals surface area contributed by atoms with Gasteiger partial charge in [0.15, 0.2) is 11.5 Å². The van der Waals surface area contributed by atoms with Gasteiger partial charge in [0, 0.05) is 23.4 Å². The van der Waals surface area contributed by atoms with Crippen molar-refractivity contribution in [2.75, 3.05) is 0 Å². The first-order valence-corrected chi connectivity index (χ1v) is 5.55. The highest BCUT2D eigenvalue weighted by Gasteiger charge is 2.32. The summed E-state index contributed by atoms with van der Waals surface area (Å²) in [4.78, 5) is 23.4. The molecule has 1 aromatic carbocycles. The van der Waals surface area contributed by atoms with Crippen molar-refractivity contribution in [3.8, 4) is 11.5 Å². The number of aromatic hydroxyl groups is 2. The molecule has 0 fully saturated rings. The third-order valence-corrected chi connectivity index (χ3v) is 3.27. The summed E-state index contributed by atoms with van der Waals surface area (Å²) < 4.78 is 4.99. The third kappa shape index (κ3) is 1.27. The Morgan fingerprint density at radius 3 is 2.72 bits per heavy atom. The lowest BCUT2D eigenvalue weighted by molar-refractivity contribution is 0.0963. The van der Waals surface area contributed by atoms with Crippen LogP contribution in [0, 0.1) is 0 Å². The highest BCUT2D eigenvalue weighted by molar-refractivity contribution is 6.05. The molecular formula is C13H10O5. The highest BCUT2D eigenvalue weighted by Crippen LogP contribution is 2.39. The lowest BCUT2D eigenvalue weighted by atomic mass is 9.99. The van der Waals surface area contributed by atoms with Crippen molar-refractivity contribution in [1.29, 1.82) is 0 Å². The first-order valence-electron chi connectivity index (χ1n) is 5.55. The highest BCUT2D eigenvalue weighted by atomic mass is 16.4. The number of rotatable bonds is 0. The van der Waals surface area contributed by atoms with Gasteiger partial charge in [-0.05, 0) is 12.0 Å². The zero-order chi connectivity index (χ0) is 13.0. The van der Waals surface area contributed by atoms with Crippen molar-refractivity contribution in [1.82, 2.24) is 0 Å². The molecule has 0 saturated heterocycles. The van der Waals surface area contributed by atoms with Crippen LogP contribution >= 0.6 is 0 Å². The third-order valence-electron chi connectivity index (χ3n) is 3.27. The second-order valence-electron chi connectivity index (χ2n) is 4.55. The van der Waals surface area contributed by atoms with E-state index in [0.29, 0.717) is 10.9 Å². The van der Waals surface area contributed by atoms with Gasteiger partial charge in [0.25, 0.3) is 0 Å². The van der Waals surface area contributed by atoms with E-state index in [2.05, 4.69) is 0 Å². The fourth-order valence-electron chi connectivity index (χ4n) is 2.53. The lowest BCUT2D eigenvalue weighted by Crippen LogP contribution is -2.06. The normalized spacial score (nSPS) is 18.3. The molecule has 1 unspecified atom stereocenters. The molecule has 5 nitrogen and oxygen atoms in total. The van der Waals surface area contributed by atoms with Crippen LogP contribution in [0.15, 0.2) is 21.3 Å². The molecule has 0 radical (unpaired) electrons. The number of phenolic OH excluding ortho intramolecular Hbond substituents is 2. The first kappa shape index (κ1) is 10.8. The first-order chi connectivity index (χ1) is 8.49. The average Bonchev–Trinajstić information content (AvgIpc) is 2.53. The maximum absolute atomic E-state index is 11.8. The van der Waals surface area contributed by atoms with E-state index < -0.39 is 5.63 Å². The van der Waals surface area contributed by atoms with E-state index in [-0.39, 0.29) is 40.8 Å². The van der Waals surface area contributed by atoms with Gasteiger partial charge >= 0.3 is 5.63 Å². The summed E-state index contributed by atoms with van der Waals surface area (Å²) in [7, 11) is 0. The second kappa shape index (κ2) is 3.35. The lowest BCUT2D eigenvalue weighted by Gasteiger charge is -2.08. The van der Waals surface area contributed by atoms with E-state index in [9.17, 15) is 19.8 Å². The molecule has 0 spiro atoms. The Bertz CT molecular complexity index is 741. The van der Waals surface area contributed by atoms with Gasteiger partial charge in [-0.15, -0.1) is 0 Å². The van der Waals surface area contributed by atoms with Gasteiger partial charge in [0.2, 0.25) is 0 Å². The summed E-state index contributed by atoms with van der Waals surface area (Å²) in [6.07, 6.45) is 0.272. The van der Waals surface area contributed by atoms with Gasteiger partial charge < -0.3 is 14.6 Å². The number of benzene rings is 1. The van der Waals surface area contributed by atoms with Gasteiger partial charge in [0.05, 0.1) is 0 Å². The number of carbonyl (C=O) groups is 1. The van der Waals surface area contributed by atoms with E-state index >= 15 is 0 Å². The minimum Gasteiger partial charge on any atom is -0.508 e. The van der Waals surface area contributed by atoms with E-state index in [0.717, 1.165) is 6.07 Å². The van der Waals surface area contributed by atoms with Crippen molar-refractivity contribution in [2.24, 2.45) is 0 Å². The van der Waals surface area contributed by atoms with E-state index in [1.165, 1.54) is 6.07 Å². The van der Waals surface area contributed by atoms with Crippen LogP contribution in [0.2, 0.25) is 0 Å². The number of fused-ring (bicyclic) bond motifs is 3. The van der Waals surface area contributed by atoms with Gasteiger partial charge in [-0.25, -0.2) is 4.79 Å². The predicted molar refractivity (Wildman–Crippen MR) is 63.2 cm³/mol. The Morgan fingerprint density at radius 1 is 1.28 bits per heavy atom. The predicted octanol–water partition coefficient (Wildman–Crippen LogP) is 1.89. The Balaban J connectivity index is 2.57. The van der Waals surface area contributed by atoms with Crippen molar-refractivity contribution in [3.05, 3.63) is 33.9 Å². The quantitative estimate of drug-likeness (QED) is 0.741. The van der Waals surface area contributed by atoms with Crippen LogP contribution in [0.5, 0.6) is 11.5 Å². The number of hydrogen-bond acceptors (Lipinski definition) is 5. The van der Waals surface area contributed by atoms with Crippen LogP contribution in [0.1, 0.15) is 35.4 Å². The van der Waals surface area contributed by atoms with Gasteiger partial charge in [0.1, 0.15) is 16.9 Å². The summed E-state index contributed by atoms with van der Waals surface area (Å²) in [5, 5.41) is 19.6. The Kier molecular flexibility index (Phi) is 2.02. The minimum atomic E-state index is -0.760. The molecule has 5 heteroatoms. The molecule has 1 atom stereocenters. The summed E-state index contributed by atoms with van der Waals surface area (Å²) in [6.45, 7) is 1.84. The van der Waals surface area contributed by atoms with E-state index in [1.807, 2.05) is 6.92 Å². The number of carbonyl (C=O) groups excluding carboxylic acids is 1. The fourth-order valence-corrected chi connectivity index (χ4v) is 2.53. The number of hydrogen-bond donors (Lipinski definition) is 2. The van der Waals surface area contributed by atoms with Crippen LogP contribution in [0.3, 0.4) is 0 Å². The maximum atomic E-state index is 11.8. The van der Waals surface area contributed by atoms with Crippen LogP contribution in [0.4, 0.5) is 0 Å². The van der Waals surface area contributed by atoms with Crippen molar-refractivity contribution in [3.63, 3.8) is 0 Å². The number of ketones is 1. The molecular weight excluding hydrogens is 236 g/mol. The monoisotopic (exact) mass is 246 g/mol.